The van der Waals surface area contributed by atoms with E-state index in [1.807, 2.05) is 0 Å². The van der Waals surface area contributed by atoms with Gasteiger partial charge < -0.3 is 0 Å². The Bertz CT molecular complexity index is 1280. The molecule has 2 heterocycles. The quantitative estimate of drug-likeness (QED) is 0.262. The van der Waals surface area contributed by atoms with Gasteiger partial charge in [0.05, 0.1) is 0 Å². The van der Waals surface area contributed by atoms with Gasteiger partial charge in [-0.15, -0.1) is 0 Å². The first-order valence-electron chi connectivity index (χ1n) is 27.6. The van der Waals surface area contributed by atoms with Gasteiger partial charge in [-0.2, -0.15) is 23.5 Å². The van der Waals surface area contributed by atoms with Gasteiger partial charge in [0.15, 0.2) is 0 Å². The van der Waals surface area contributed by atoms with Crippen LogP contribution in [-0.2, 0) is 0 Å². The van der Waals surface area contributed by atoms with Crippen LogP contribution in [0.2, 0.25) is 0 Å². The van der Waals surface area contributed by atoms with Crippen LogP contribution in [0.4, 0.5) is 0 Å². The smallest absolute Gasteiger partial charge is 0.0123 e. The first-order valence-corrected chi connectivity index (χ1v) is 29.5. The molecule has 0 aromatic heterocycles. The third-order valence-electron chi connectivity index (χ3n) is 21.8. The molecule has 2 saturated heterocycles. The predicted octanol–water partition coefficient (Wildman–Crippen LogP) is 16.3. The second kappa shape index (κ2) is 18.1. The maximum atomic E-state index is 3.37. The van der Waals surface area contributed by atoms with Crippen molar-refractivity contribution in [1.82, 2.24) is 4.90 Å². The van der Waals surface area contributed by atoms with Crippen LogP contribution in [0.3, 0.4) is 0 Å². The first kappa shape index (κ1) is 43.5. The van der Waals surface area contributed by atoms with Crippen molar-refractivity contribution in [3.8, 4) is 0 Å². The molecule has 336 valence electrons. The van der Waals surface area contributed by atoms with Crippen LogP contribution >= 0.6 is 23.5 Å². The molecule has 3 heteroatoms. The molecule has 59 heavy (non-hydrogen) atoms. The van der Waals surface area contributed by atoms with Crippen molar-refractivity contribution in [2.45, 2.75) is 267 Å². The zero-order valence-electron chi connectivity index (χ0n) is 39.7. The molecule has 0 aromatic carbocycles. The monoisotopic (exact) mass is 846 g/mol. The van der Waals surface area contributed by atoms with Gasteiger partial charge in [0, 0.05) is 39.1 Å². The molecule has 9 atom stereocenters. The van der Waals surface area contributed by atoms with E-state index in [9.17, 15) is 0 Å². The Kier molecular flexibility index (Phi) is 13.4. The molecule has 8 saturated carbocycles. The average molecular weight is 847 g/mol. The summed E-state index contributed by atoms with van der Waals surface area (Å²) in [6, 6.07) is 2.70. The highest BCUT2D eigenvalue weighted by molar-refractivity contribution is 8.02. The Labute approximate surface area is 375 Å². The van der Waals surface area contributed by atoms with E-state index in [4.69, 9.17) is 0 Å². The highest BCUT2D eigenvalue weighted by Crippen LogP contribution is 2.66. The lowest BCUT2D eigenvalue weighted by atomic mass is 9.62. The molecule has 2 aliphatic heterocycles. The lowest BCUT2D eigenvalue weighted by Gasteiger charge is -2.52. The highest BCUT2D eigenvalue weighted by Gasteiger charge is 2.59. The van der Waals surface area contributed by atoms with Gasteiger partial charge in [-0.1, -0.05) is 60.8 Å². The standard InChI is InChI=1S/C56H95NS2/c1-55(2,3)41-24-14-36(15-25-41)38-18-28-43(29-19-38)57(44-30-20-39(21-31-44)37-16-26-42(27-17-37)56(4,5)6)45-32-22-40(23-33-45)46-11-9-12-47-48-34-35-51-52(54(48)59-53(46)47)49-10-7-8-13-50(49)58-51/h36-54H,7-35H2,1-6H3. The summed E-state index contributed by atoms with van der Waals surface area (Å²) in [4.78, 5) is 3.37. The Morgan fingerprint density at radius 2 is 0.746 bits per heavy atom. The molecule has 0 N–H and O–H groups in total. The number of nitrogens with zero attached hydrogens (tertiary/aromatic N) is 1. The maximum Gasteiger partial charge on any atom is 0.0123 e. The van der Waals surface area contributed by atoms with E-state index in [0.717, 1.165) is 110 Å². The van der Waals surface area contributed by atoms with Gasteiger partial charge in [-0.3, -0.25) is 4.90 Å². The van der Waals surface area contributed by atoms with E-state index in [-0.39, 0.29) is 0 Å². The molecular formula is C56H95NS2. The van der Waals surface area contributed by atoms with Crippen molar-refractivity contribution in [3.05, 3.63) is 0 Å². The van der Waals surface area contributed by atoms with Gasteiger partial charge in [0.2, 0.25) is 0 Å². The van der Waals surface area contributed by atoms with Crippen LogP contribution < -0.4 is 0 Å². The van der Waals surface area contributed by atoms with Gasteiger partial charge in [0.25, 0.3) is 0 Å². The third-order valence-corrected chi connectivity index (χ3v) is 25.6. The number of hydrogen-bond acceptors (Lipinski definition) is 3. The summed E-state index contributed by atoms with van der Waals surface area (Å²) in [6.45, 7) is 15.1. The number of hydrogen-bond donors (Lipinski definition) is 0. The van der Waals surface area contributed by atoms with E-state index in [1.165, 1.54) is 83.5 Å². The van der Waals surface area contributed by atoms with E-state index in [2.05, 4.69) is 70.0 Å². The van der Waals surface area contributed by atoms with Crippen LogP contribution in [0.25, 0.3) is 0 Å². The zero-order chi connectivity index (χ0) is 40.5. The van der Waals surface area contributed by atoms with Gasteiger partial charge in [0.1, 0.15) is 0 Å². The summed E-state index contributed by atoms with van der Waals surface area (Å²) in [5, 5.41) is 4.16. The van der Waals surface area contributed by atoms with Crippen molar-refractivity contribution in [2.75, 3.05) is 0 Å². The normalized spacial score (nSPS) is 49.8. The predicted molar refractivity (Wildman–Crippen MR) is 258 cm³/mol. The summed E-state index contributed by atoms with van der Waals surface area (Å²) in [7, 11) is 0. The van der Waals surface area contributed by atoms with Gasteiger partial charge in [-0.25, -0.2) is 0 Å². The SMILES string of the molecule is CC(C)(C)C1CCC(C2CCC(N(C3CCC(C4CCC(C(C)(C)C)CC4)CC3)C3CCC(C4CCCC5C6CCC7SC8CCCCC8C7C6SC45)CC3)CC2)CC1. The molecule has 1 nitrogen and oxygen atoms in total. The van der Waals surface area contributed by atoms with Gasteiger partial charge in [-0.05, 0) is 249 Å². The Morgan fingerprint density at radius 1 is 0.322 bits per heavy atom. The minimum atomic E-state index is 0.511. The number of fused-ring (bicyclic) bond motifs is 7. The minimum absolute atomic E-state index is 0.511. The van der Waals surface area contributed by atoms with Crippen LogP contribution in [-0.4, -0.2) is 44.0 Å². The van der Waals surface area contributed by atoms with Crippen molar-refractivity contribution in [1.29, 1.82) is 0 Å². The summed E-state index contributed by atoms with van der Waals surface area (Å²) in [6.07, 6.45) is 45.0. The molecule has 0 radical (unpaired) electrons. The van der Waals surface area contributed by atoms with Crippen molar-refractivity contribution in [2.24, 2.45) is 81.8 Å². The summed E-state index contributed by atoms with van der Waals surface area (Å²) in [5.41, 5.74) is 1.02. The maximum absolute atomic E-state index is 3.37. The molecule has 10 aliphatic rings. The third kappa shape index (κ3) is 9.00. The van der Waals surface area contributed by atoms with Crippen molar-refractivity contribution in [3.63, 3.8) is 0 Å². The highest BCUT2D eigenvalue weighted by atomic mass is 32.2. The Morgan fingerprint density at radius 3 is 1.25 bits per heavy atom. The lowest BCUT2D eigenvalue weighted by molar-refractivity contribution is -0.0145. The molecular weight excluding hydrogens is 751 g/mol. The molecule has 0 spiro atoms. The summed E-state index contributed by atoms with van der Waals surface area (Å²) < 4.78 is 0. The fourth-order valence-electron chi connectivity index (χ4n) is 18.5. The number of rotatable bonds is 6. The molecule has 10 rings (SSSR count). The van der Waals surface area contributed by atoms with Crippen LogP contribution in [0, 0.1) is 81.8 Å². The molecule has 0 bridgehead atoms. The summed E-state index contributed by atoms with van der Waals surface area (Å²) >= 11 is 5.18. The second-order valence-electron chi connectivity index (χ2n) is 26.4. The van der Waals surface area contributed by atoms with Crippen molar-refractivity contribution < 1.29 is 0 Å². The van der Waals surface area contributed by atoms with Crippen LogP contribution in [0.5, 0.6) is 0 Å². The first-order chi connectivity index (χ1) is 28.5. The van der Waals surface area contributed by atoms with E-state index in [1.54, 1.807) is 103 Å². The fourth-order valence-corrected chi connectivity index (χ4v) is 23.2. The minimum Gasteiger partial charge on any atom is -0.294 e. The molecule has 0 aromatic rings. The second-order valence-corrected chi connectivity index (χ2v) is 29.3. The van der Waals surface area contributed by atoms with Gasteiger partial charge >= 0.3 is 0 Å². The molecule has 9 unspecified atom stereocenters. The summed E-state index contributed by atoms with van der Waals surface area (Å²) in [5.74, 6) is 12.6. The molecule has 8 aliphatic carbocycles. The van der Waals surface area contributed by atoms with Crippen LogP contribution in [0.1, 0.15) is 228 Å². The molecule has 10 fully saturated rings. The Hall–Kier alpha value is 0.660. The topological polar surface area (TPSA) is 3.24 Å². The van der Waals surface area contributed by atoms with E-state index >= 15 is 0 Å². The average Bonchev–Trinajstić information content (AvgIpc) is 3.83. The largest absolute Gasteiger partial charge is 0.294 e. The fraction of sp³-hybridized carbons (Fsp3) is 1.00. The zero-order valence-corrected chi connectivity index (χ0v) is 41.4. The molecule has 0 amide bonds. The van der Waals surface area contributed by atoms with E-state index in [0.29, 0.717) is 10.8 Å². The lowest BCUT2D eigenvalue weighted by Crippen LogP contribution is -2.53. The van der Waals surface area contributed by atoms with Crippen LogP contribution in [0.15, 0.2) is 0 Å². The van der Waals surface area contributed by atoms with E-state index < -0.39 is 0 Å². The number of thioether (sulfide) groups is 2. The van der Waals surface area contributed by atoms with Crippen molar-refractivity contribution >= 4 is 23.5 Å². The Balaban J connectivity index is 0.784.